The third-order valence-electron chi connectivity index (χ3n) is 3.95. The molecule has 32 heavy (non-hydrogen) atoms. The number of carbonyl (C=O) groups excluding carboxylic acids is 3. The molecule has 0 aliphatic carbocycles. The van der Waals surface area contributed by atoms with Crippen molar-refractivity contribution >= 4 is 17.9 Å². The smallest absolute Gasteiger partial charge is 0.343 e. The molecule has 0 amide bonds. The molecule has 0 saturated heterocycles. The Morgan fingerprint density at radius 1 is 0.812 bits per heavy atom. The fraction of sp³-hybridized carbons (Fsp3) is 0.208. The molecule has 8 heteroatoms. The van der Waals surface area contributed by atoms with Crippen LogP contribution in [-0.4, -0.2) is 42.8 Å². The Kier molecular flexibility index (Phi) is 9.19. The van der Waals surface area contributed by atoms with Crippen molar-refractivity contribution in [1.29, 1.82) is 0 Å². The van der Waals surface area contributed by atoms with Crippen molar-refractivity contribution in [3.8, 4) is 17.2 Å². The normalized spacial score (nSPS) is 10.1. The summed E-state index contributed by atoms with van der Waals surface area (Å²) in [6.07, 6.45) is 0.457. The summed E-state index contributed by atoms with van der Waals surface area (Å²) in [6.45, 7) is 8.42. The Labute approximate surface area is 185 Å². The van der Waals surface area contributed by atoms with Crippen LogP contribution in [0, 0.1) is 0 Å². The molecule has 168 valence electrons. The predicted molar refractivity (Wildman–Crippen MR) is 116 cm³/mol. The summed E-state index contributed by atoms with van der Waals surface area (Å²) in [7, 11) is 0. The molecule has 0 spiro atoms. The van der Waals surface area contributed by atoms with Crippen molar-refractivity contribution in [2.75, 3.05) is 19.8 Å². The van der Waals surface area contributed by atoms with Crippen LogP contribution in [0.3, 0.4) is 0 Å². The minimum absolute atomic E-state index is 0.00166. The lowest BCUT2D eigenvalue weighted by Gasteiger charge is -2.09. The maximum absolute atomic E-state index is 12.3. The summed E-state index contributed by atoms with van der Waals surface area (Å²) in [5.41, 5.74) is 0.561. The van der Waals surface area contributed by atoms with E-state index in [1.54, 1.807) is 31.2 Å². The van der Waals surface area contributed by atoms with Gasteiger partial charge >= 0.3 is 17.9 Å². The van der Waals surface area contributed by atoms with Crippen molar-refractivity contribution < 1.29 is 38.4 Å². The van der Waals surface area contributed by atoms with E-state index in [9.17, 15) is 14.4 Å². The fourth-order valence-corrected chi connectivity index (χ4v) is 2.20. The molecule has 0 aromatic heterocycles. The van der Waals surface area contributed by atoms with E-state index >= 15 is 0 Å². The van der Waals surface area contributed by atoms with Gasteiger partial charge in [-0.25, -0.2) is 14.4 Å². The minimum Gasteiger partial charge on any atom is -0.493 e. The van der Waals surface area contributed by atoms with Crippen molar-refractivity contribution in [2.45, 2.75) is 13.3 Å². The summed E-state index contributed by atoms with van der Waals surface area (Å²) < 4.78 is 20.8. The van der Waals surface area contributed by atoms with Crippen LogP contribution in [0.15, 0.2) is 72.8 Å². The second-order valence-electron chi connectivity index (χ2n) is 6.65. The zero-order chi connectivity index (χ0) is 23.5. The molecular formula is C24H24O8. The third kappa shape index (κ3) is 7.73. The van der Waals surface area contributed by atoms with Crippen LogP contribution < -0.4 is 14.2 Å². The molecule has 0 radical (unpaired) electrons. The van der Waals surface area contributed by atoms with E-state index in [0.29, 0.717) is 35.8 Å². The summed E-state index contributed by atoms with van der Waals surface area (Å²) in [5.74, 6) is -0.569. The van der Waals surface area contributed by atoms with Gasteiger partial charge in [0, 0.05) is 12.0 Å². The molecule has 2 rings (SSSR count). The summed E-state index contributed by atoms with van der Waals surface area (Å²) in [5, 5.41) is 8.78. The Bertz CT molecular complexity index is 974. The molecule has 1 N–H and O–H groups in total. The molecule has 2 aromatic rings. The number of benzene rings is 2. The summed E-state index contributed by atoms with van der Waals surface area (Å²) in [4.78, 5) is 35.1. The number of hydrogen-bond donors (Lipinski definition) is 1. The largest absolute Gasteiger partial charge is 0.493 e. The van der Waals surface area contributed by atoms with Gasteiger partial charge in [-0.1, -0.05) is 13.2 Å². The van der Waals surface area contributed by atoms with Crippen molar-refractivity contribution in [1.82, 2.24) is 0 Å². The van der Waals surface area contributed by atoms with Gasteiger partial charge in [-0.05, 0) is 55.5 Å². The molecule has 0 heterocycles. The van der Waals surface area contributed by atoms with Gasteiger partial charge < -0.3 is 24.1 Å². The van der Waals surface area contributed by atoms with Crippen LogP contribution in [0.25, 0.3) is 0 Å². The quantitative estimate of drug-likeness (QED) is 0.246. The topological polar surface area (TPSA) is 108 Å². The third-order valence-corrected chi connectivity index (χ3v) is 3.95. The Morgan fingerprint density at radius 3 is 1.97 bits per heavy atom. The first-order valence-electron chi connectivity index (χ1n) is 9.68. The average molecular weight is 440 g/mol. The van der Waals surface area contributed by atoms with E-state index < -0.39 is 24.5 Å². The van der Waals surface area contributed by atoms with Gasteiger partial charge in [0.15, 0.2) is 0 Å². The van der Waals surface area contributed by atoms with Crippen molar-refractivity contribution in [2.24, 2.45) is 0 Å². The lowest BCUT2D eigenvalue weighted by atomic mass is 10.2. The number of ether oxygens (including phenoxy) is 4. The molecule has 0 saturated carbocycles. The SMILES string of the molecule is C=C(C)C(=O)Oc1ccc(C(=O)Oc2ccc(OCCCOC(=O)C(=C)CO)cc2)cc1. The first-order chi connectivity index (χ1) is 15.3. The monoisotopic (exact) mass is 440 g/mol. The average Bonchev–Trinajstić information content (AvgIpc) is 2.79. The first-order valence-corrected chi connectivity index (χ1v) is 9.68. The van der Waals surface area contributed by atoms with Crippen LogP contribution in [-0.2, 0) is 14.3 Å². The molecule has 8 nitrogen and oxygen atoms in total. The second kappa shape index (κ2) is 12.1. The summed E-state index contributed by atoms with van der Waals surface area (Å²) >= 11 is 0. The number of carbonyl (C=O) groups is 3. The molecule has 0 bridgehead atoms. The highest BCUT2D eigenvalue weighted by Crippen LogP contribution is 2.20. The van der Waals surface area contributed by atoms with Gasteiger partial charge in [0.25, 0.3) is 0 Å². The number of hydrogen-bond acceptors (Lipinski definition) is 8. The van der Waals surface area contributed by atoms with E-state index in [1.165, 1.54) is 24.3 Å². The van der Waals surface area contributed by atoms with Crippen LogP contribution in [0.4, 0.5) is 0 Å². The number of esters is 3. The highest BCUT2D eigenvalue weighted by molar-refractivity contribution is 5.92. The molecule has 0 unspecified atom stereocenters. The van der Waals surface area contributed by atoms with Gasteiger partial charge in [0.05, 0.1) is 31.0 Å². The molecule has 0 aliphatic rings. The van der Waals surface area contributed by atoms with Crippen molar-refractivity contribution in [3.05, 3.63) is 78.4 Å². The van der Waals surface area contributed by atoms with Gasteiger partial charge in [0.2, 0.25) is 0 Å². The van der Waals surface area contributed by atoms with E-state index in [1.807, 2.05) is 0 Å². The van der Waals surface area contributed by atoms with Gasteiger partial charge in [0.1, 0.15) is 17.2 Å². The van der Waals surface area contributed by atoms with Gasteiger partial charge in [-0.2, -0.15) is 0 Å². The van der Waals surface area contributed by atoms with Gasteiger partial charge in [-0.3, -0.25) is 0 Å². The maximum atomic E-state index is 12.3. The van der Waals surface area contributed by atoms with Crippen LogP contribution >= 0.6 is 0 Å². The Morgan fingerprint density at radius 2 is 1.38 bits per heavy atom. The Balaban J connectivity index is 1.77. The lowest BCUT2D eigenvalue weighted by molar-refractivity contribution is -0.139. The van der Waals surface area contributed by atoms with Crippen molar-refractivity contribution in [3.63, 3.8) is 0 Å². The zero-order valence-electron chi connectivity index (χ0n) is 17.7. The number of aliphatic hydroxyl groups excluding tert-OH is 1. The second-order valence-corrected chi connectivity index (χ2v) is 6.65. The molecule has 0 atom stereocenters. The minimum atomic E-state index is -0.638. The number of aliphatic hydroxyl groups is 1. The summed E-state index contributed by atoms with van der Waals surface area (Å²) in [6, 6.07) is 12.4. The van der Waals surface area contributed by atoms with Crippen LogP contribution in [0.1, 0.15) is 23.7 Å². The van der Waals surface area contributed by atoms with Gasteiger partial charge in [-0.15, -0.1) is 0 Å². The van der Waals surface area contributed by atoms with E-state index in [0.717, 1.165) is 0 Å². The lowest BCUT2D eigenvalue weighted by Crippen LogP contribution is -2.12. The highest BCUT2D eigenvalue weighted by atomic mass is 16.5. The standard InChI is InChI=1S/C24H24O8/c1-16(2)22(26)31-20-7-5-18(6-8-20)24(28)32-21-11-9-19(10-12-21)29-13-4-14-30-23(27)17(3)15-25/h5-12,25H,1,3-4,13-15H2,2H3. The molecule has 0 aliphatic heterocycles. The highest BCUT2D eigenvalue weighted by Gasteiger charge is 2.11. The number of rotatable bonds is 11. The molecule has 2 aromatic carbocycles. The van der Waals surface area contributed by atoms with Crippen LogP contribution in [0.5, 0.6) is 17.2 Å². The van der Waals surface area contributed by atoms with E-state index in [-0.39, 0.29) is 17.8 Å². The first kappa shape index (κ1) is 24.4. The van der Waals surface area contributed by atoms with E-state index in [4.69, 9.17) is 24.1 Å². The predicted octanol–water partition coefficient (Wildman–Crippen LogP) is 3.25. The molecule has 0 fully saturated rings. The van der Waals surface area contributed by atoms with E-state index in [2.05, 4.69) is 13.2 Å². The zero-order valence-corrected chi connectivity index (χ0v) is 17.7. The molecular weight excluding hydrogens is 416 g/mol. The Hall–Kier alpha value is -3.91. The maximum Gasteiger partial charge on any atom is 0.343 e. The van der Waals surface area contributed by atoms with Crippen LogP contribution in [0.2, 0.25) is 0 Å². The fourth-order valence-electron chi connectivity index (χ4n) is 2.20.